The van der Waals surface area contributed by atoms with Gasteiger partial charge in [0.2, 0.25) is 0 Å². The highest BCUT2D eigenvalue weighted by atomic mass is 35.5. The van der Waals surface area contributed by atoms with Gasteiger partial charge in [0.05, 0.1) is 11.2 Å². The van der Waals surface area contributed by atoms with E-state index in [1.807, 2.05) is 31.4 Å². The average Bonchev–Trinajstić information content (AvgIpc) is 2.63. The Labute approximate surface area is 93.2 Å². The van der Waals surface area contributed by atoms with Crippen LogP contribution in [0.25, 0.3) is 0 Å². The van der Waals surface area contributed by atoms with Gasteiger partial charge in [0, 0.05) is 18.8 Å². The van der Waals surface area contributed by atoms with Gasteiger partial charge >= 0.3 is 0 Å². The number of hydrogen-bond acceptors (Lipinski definition) is 2. The normalized spacial score (nSPS) is 10.3. The molecule has 2 aromatic rings. The number of ether oxygens (including phenoxy) is 1. The minimum absolute atomic E-state index is 0.484. The summed E-state index contributed by atoms with van der Waals surface area (Å²) in [5, 5.41) is 4.68. The van der Waals surface area contributed by atoms with E-state index in [2.05, 4.69) is 5.10 Å². The minimum atomic E-state index is 0.484. The van der Waals surface area contributed by atoms with Crippen molar-refractivity contribution in [2.75, 3.05) is 0 Å². The standard InChI is InChI=1S/C11H11ClN2O/c1-14-7-9(6-13-14)8-15-11-5-3-2-4-10(11)12/h2-7H,8H2,1H3. The zero-order valence-corrected chi connectivity index (χ0v) is 9.11. The van der Waals surface area contributed by atoms with E-state index in [1.165, 1.54) is 0 Å². The lowest BCUT2D eigenvalue weighted by molar-refractivity contribution is 0.306. The summed E-state index contributed by atoms with van der Waals surface area (Å²) in [6.45, 7) is 0.484. The predicted molar refractivity (Wildman–Crippen MR) is 59.0 cm³/mol. The second-order valence-electron chi connectivity index (χ2n) is 3.24. The first kappa shape index (κ1) is 10.1. The van der Waals surface area contributed by atoms with Crippen LogP contribution in [-0.2, 0) is 13.7 Å². The summed E-state index contributed by atoms with van der Waals surface area (Å²) < 4.78 is 7.29. The highest BCUT2D eigenvalue weighted by Gasteiger charge is 2.01. The zero-order valence-electron chi connectivity index (χ0n) is 8.35. The van der Waals surface area contributed by atoms with E-state index in [1.54, 1.807) is 16.9 Å². The van der Waals surface area contributed by atoms with Gasteiger partial charge in [-0.1, -0.05) is 23.7 Å². The summed E-state index contributed by atoms with van der Waals surface area (Å²) in [7, 11) is 1.87. The van der Waals surface area contributed by atoms with Crippen molar-refractivity contribution in [2.45, 2.75) is 6.61 Å². The third kappa shape index (κ3) is 2.50. The van der Waals surface area contributed by atoms with Gasteiger partial charge in [-0.15, -0.1) is 0 Å². The van der Waals surface area contributed by atoms with Crippen molar-refractivity contribution in [1.82, 2.24) is 9.78 Å². The van der Waals surface area contributed by atoms with Crippen molar-refractivity contribution >= 4 is 11.6 Å². The van der Waals surface area contributed by atoms with E-state index >= 15 is 0 Å². The van der Waals surface area contributed by atoms with Crippen LogP contribution in [0.3, 0.4) is 0 Å². The molecule has 0 amide bonds. The number of nitrogens with zero attached hydrogens (tertiary/aromatic N) is 2. The van der Waals surface area contributed by atoms with E-state index in [4.69, 9.17) is 16.3 Å². The largest absolute Gasteiger partial charge is 0.487 e. The van der Waals surface area contributed by atoms with Crippen molar-refractivity contribution in [3.8, 4) is 5.75 Å². The maximum absolute atomic E-state index is 5.95. The molecule has 0 bridgehead atoms. The van der Waals surface area contributed by atoms with Crippen molar-refractivity contribution in [3.05, 3.63) is 47.2 Å². The molecule has 1 aromatic carbocycles. The quantitative estimate of drug-likeness (QED) is 0.799. The molecule has 0 unspecified atom stereocenters. The first-order valence-electron chi connectivity index (χ1n) is 4.60. The molecule has 0 fully saturated rings. The number of rotatable bonds is 3. The lowest BCUT2D eigenvalue weighted by atomic mass is 10.3. The van der Waals surface area contributed by atoms with Gasteiger partial charge in [0.25, 0.3) is 0 Å². The van der Waals surface area contributed by atoms with E-state index in [0.717, 1.165) is 5.56 Å². The molecule has 2 rings (SSSR count). The Kier molecular flexibility index (Phi) is 2.92. The molecule has 0 saturated carbocycles. The van der Waals surface area contributed by atoms with Crippen LogP contribution in [0, 0.1) is 0 Å². The van der Waals surface area contributed by atoms with Crippen molar-refractivity contribution in [1.29, 1.82) is 0 Å². The molecule has 0 N–H and O–H groups in total. The van der Waals surface area contributed by atoms with Crippen LogP contribution >= 0.6 is 11.6 Å². The SMILES string of the molecule is Cn1cc(COc2ccccc2Cl)cn1. The molecule has 0 saturated heterocycles. The molecule has 3 nitrogen and oxygen atoms in total. The Balaban J connectivity index is 2.02. The van der Waals surface area contributed by atoms with Gasteiger partial charge in [0.1, 0.15) is 12.4 Å². The Morgan fingerprint density at radius 1 is 1.40 bits per heavy atom. The second kappa shape index (κ2) is 4.36. The van der Waals surface area contributed by atoms with Crippen molar-refractivity contribution < 1.29 is 4.74 Å². The first-order valence-corrected chi connectivity index (χ1v) is 4.98. The molecule has 4 heteroatoms. The van der Waals surface area contributed by atoms with Crippen LogP contribution in [0.2, 0.25) is 5.02 Å². The molecular formula is C11H11ClN2O. The fraction of sp³-hybridized carbons (Fsp3) is 0.182. The van der Waals surface area contributed by atoms with E-state index in [9.17, 15) is 0 Å². The number of aryl methyl sites for hydroxylation is 1. The van der Waals surface area contributed by atoms with Crippen LogP contribution < -0.4 is 4.74 Å². The lowest BCUT2D eigenvalue weighted by Gasteiger charge is -2.05. The fourth-order valence-electron chi connectivity index (χ4n) is 1.27. The van der Waals surface area contributed by atoms with Crippen LogP contribution in [0.4, 0.5) is 0 Å². The number of benzene rings is 1. The van der Waals surface area contributed by atoms with Crippen LogP contribution in [0.1, 0.15) is 5.56 Å². The Morgan fingerprint density at radius 2 is 2.20 bits per heavy atom. The second-order valence-corrected chi connectivity index (χ2v) is 3.65. The maximum atomic E-state index is 5.95. The van der Waals surface area contributed by atoms with E-state index in [0.29, 0.717) is 17.4 Å². The van der Waals surface area contributed by atoms with Gasteiger partial charge in [-0.05, 0) is 12.1 Å². The molecule has 15 heavy (non-hydrogen) atoms. The van der Waals surface area contributed by atoms with Crippen LogP contribution in [-0.4, -0.2) is 9.78 Å². The van der Waals surface area contributed by atoms with Gasteiger partial charge < -0.3 is 4.74 Å². The van der Waals surface area contributed by atoms with E-state index in [-0.39, 0.29) is 0 Å². The molecule has 0 aliphatic rings. The summed E-state index contributed by atoms with van der Waals surface area (Å²) >= 11 is 5.95. The number of aromatic nitrogens is 2. The van der Waals surface area contributed by atoms with Crippen LogP contribution in [0.15, 0.2) is 36.7 Å². The Hall–Kier alpha value is -1.48. The number of para-hydroxylation sites is 1. The third-order valence-corrected chi connectivity index (χ3v) is 2.30. The molecule has 1 heterocycles. The molecule has 0 aliphatic heterocycles. The zero-order chi connectivity index (χ0) is 10.7. The Bertz CT molecular complexity index is 453. The summed E-state index contributed by atoms with van der Waals surface area (Å²) in [4.78, 5) is 0. The molecular weight excluding hydrogens is 212 g/mol. The fourth-order valence-corrected chi connectivity index (χ4v) is 1.46. The first-order chi connectivity index (χ1) is 7.25. The summed E-state index contributed by atoms with van der Waals surface area (Å²) in [5.74, 6) is 0.697. The van der Waals surface area contributed by atoms with Gasteiger partial charge in [-0.25, -0.2) is 0 Å². The van der Waals surface area contributed by atoms with Crippen LogP contribution in [0.5, 0.6) is 5.75 Å². The van der Waals surface area contributed by atoms with Gasteiger partial charge in [0.15, 0.2) is 0 Å². The van der Waals surface area contributed by atoms with Gasteiger partial charge in [-0.2, -0.15) is 5.10 Å². The van der Waals surface area contributed by atoms with Gasteiger partial charge in [-0.3, -0.25) is 4.68 Å². The summed E-state index contributed by atoms with van der Waals surface area (Å²) in [6.07, 6.45) is 3.69. The molecule has 0 spiro atoms. The van der Waals surface area contributed by atoms with Crippen molar-refractivity contribution in [3.63, 3.8) is 0 Å². The topological polar surface area (TPSA) is 27.1 Å². The Morgan fingerprint density at radius 3 is 2.87 bits per heavy atom. The monoisotopic (exact) mass is 222 g/mol. The molecule has 0 aliphatic carbocycles. The average molecular weight is 223 g/mol. The molecule has 78 valence electrons. The molecule has 0 atom stereocenters. The predicted octanol–water partition coefficient (Wildman–Crippen LogP) is 2.65. The molecule has 1 aromatic heterocycles. The highest BCUT2D eigenvalue weighted by Crippen LogP contribution is 2.23. The summed E-state index contributed by atoms with van der Waals surface area (Å²) in [5.41, 5.74) is 1.03. The molecule has 0 radical (unpaired) electrons. The lowest BCUT2D eigenvalue weighted by Crippen LogP contribution is -1.94. The smallest absolute Gasteiger partial charge is 0.138 e. The number of halogens is 1. The van der Waals surface area contributed by atoms with Crippen molar-refractivity contribution in [2.24, 2.45) is 7.05 Å². The maximum Gasteiger partial charge on any atom is 0.138 e. The minimum Gasteiger partial charge on any atom is -0.487 e. The highest BCUT2D eigenvalue weighted by molar-refractivity contribution is 6.32. The van der Waals surface area contributed by atoms with E-state index < -0.39 is 0 Å². The third-order valence-electron chi connectivity index (χ3n) is 1.99. The summed E-state index contributed by atoms with van der Waals surface area (Å²) in [6, 6.07) is 7.42. The number of hydrogen-bond donors (Lipinski definition) is 0.